The lowest BCUT2D eigenvalue weighted by molar-refractivity contribution is -0.384. The SMILES string of the molecule is Cc1cc2onc(CC(=O)Nc3ccc([N+](=O)[O-])cc3O)c2cc1C. The van der Waals surface area contributed by atoms with Crippen LogP contribution in [0.5, 0.6) is 5.75 Å². The number of benzene rings is 2. The molecule has 2 N–H and O–H groups in total. The molecule has 0 atom stereocenters. The molecule has 0 saturated heterocycles. The van der Waals surface area contributed by atoms with Crippen LogP contribution in [0.2, 0.25) is 0 Å². The molecule has 1 amide bonds. The third kappa shape index (κ3) is 3.27. The first-order chi connectivity index (χ1) is 11.8. The standard InChI is InChI=1S/C17H15N3O5/c1-9-5-12-14(19-25-16(12)6-10(9)2)8-17(22)18-13-4-3-11(20(23)24)7-15(13)21/h3-7,21H,8H2,1-2H3,(H,18,22). The number of phenolic OH excluding ortho intramolecular Hbond substituents is 1. The highest BCUT2D eigenvalue weighted by atomic mass is 16.6. The first kappa shape index (κ1) is 16.4. The zero-order valence-electron chi connectivity index (χ0n) is 13.6. The lowest BCUT2D eigenvalue weighted by atomic mass is 10.1. The van der Waals surface area contributed by atoms with Crippen LogP contribution in [0.3, 0.4) is 0 Å². The molecule has 8 nitrogen and oxygen atoms in total. The Bertz CT molecular complexity index is 993. The monoisotopic (exact) mass is 341 g/mol. The van der Waals surface area contributed by atoms with Crippen molar-refractivity contribution in [2.24, 2.45) is 0 Å². The Morgan fingerprint density at radius 2 is 2.00 bits per heavy atom. The molecule has 0 unspecified atom stereocenters. The quantitative estimate of drug-likeness (QED) is 0.427. The fourth-order valence-electron chi connectivity index (χ4n) is 2.46. The maximum atomic E-state index is 12.2. The van der Waals surface area contributed by atoms with Crippen molar-refractivity contribution >= 4 is 28.3 Å². The maximum Gasteiger partial charge on any atom is 0.273 e. The van der Waals surface area contributed by atoms with Crippen LogP contribution in [0.15, 0.2) is 34.9 Å². The fourth-order valence-corrected chi connectivity index (χ4v) is 2.46. The summed E-state index contributed by atoms with van der Waals surface area (Å²) in [6.45, 7) is 3.92. The minimum atomic E-state index is -0.628. The normalized spacial score (nSPS) is 10.8. The van der Waals surface area contributed by atoms with Crippen molar-refractivity contribution in [3.8, 4) is 5.75 Å². The molecular formula is C17H15N3O5. The van der Waals surface area contributed by atoms with Gasteiger partial charge in [0.05, 0.1) is 23.1 Å². The summed E-state index contributed by atoms with van der Waals surface area (Å²) in [6, 6.07) is 7.23. The summed E-state index contributed by atoms with van der Waals surface area (Å²) in [4.78, 5) is 22.2. The third-order valence-corrected chi connectivity index (χ3v) is 3.96. The number of hydrogen-bond acceptors (Lipinski definition) is 6. The van der Waals surface area contributed by atoms with Gasteiger partial charge in [-0.05, 0) is 43.2 Å². The Morgan fingerprint density at radius 1 is 1.28 bits per heavy atom. The number of anilines is 1. The molecule has 1 aromatic heterocycles. The van der Waals surface area contributed by atoms with Crippen molar-refractivity contribution in [2.75, 3.05) is 5.32 Å². The second-order valence-electron chi connectivity index (χ2n) is 5.75. The average molecular weight is 341 g/mol. The Balaban J connectivity index is 1.79. The minimum absolute atomic E-state index is 0.0497. The predicted molar refractivity (Wildman–Crippen MR) is 90.6 cm³/mol. The largest absolute Gasteiger partial charge is 0.506 e. The highest BCUT2D eigenvalue weighted by Gasteiger charge is 2.16. The molecule has 3 rings (SSSR count). The number of carbonyl (C=O) groups is 1. The van der Waals surface area contributed by atoms with E-state index >= 15 is 0 Å². The van der Waals surface area contributed by atoms with Gasteiger partial charge in [-0.3, -0.25) is 14.9 Å². The van der Waals surface area contributed by atoms with Crippen LogP contribution in [0.25, 0.3) is 11.0 Å². The van der Waals surface area contributed by atoms with Gasteiger partial charge < -0.3 is 14.9 Å². The molecule has 0 aliphatic rings. The van der Waals surface area contributed by atoms with Gasteiger partial charge in [-0.25, -0.2) is 0 Å². The number of nitro groups is 1. The molecule has 3 aromatic rings. The number of nitro benzene ring substituents is 1. The van der Waals surface area contributed by atoms with Crippen LogP contribution in [0.4, 0.5) is 11.4 Å². The topological polar surface area (TPSA) is 119 Å². The van der Waals surface area contributed by atoms with Crippen LogP contribution in [-0.4, -0.2) is 21.1 Å². The fraction of sp³-hybridized carbons (Fsp3) is 0.176. The molecule has 0 bridgehead atoms. The Morgan fingerprint density at radius 3 is 2.68 bits per heavy atom. The summed E-state index contributed by atoms with van der Waals surface area (Å²) in [6.07, 6.45) is -0.0497. The predicted octanol–water partition coefficient (Wildman–Crippen LogP) is 3.24. The van der Waals surface area contributed by atoms with Crippen LogP contribution in [0.1, 0.15) is 16.8 Å². The second kappa shape index (κ2) is 6.23. The molecule has 0 fully saturated rings. The molecule has 0 aliphatic carbocycles. The molecule has 8 heteroatoms. The number of nitrogens with zero attached hydrogens (tertiary/aromatic N) is 2. The van der Waals surface area contributed by atoms with Crippen LogP contribution < -0.4 is 5.32 Å². The molecule has 0 saturated carbocycles. The summed E-state index contributed by atoms with van der Waals surface area (Å²) in [5.74, 6) is -0.795. The molecule has 0 aliphatic heterocycles. The van der Waals surface area contributed by atoms with E-state index in [0.29, 0.717) is 11.3 Å². The number of phenols is 1. The lowest BCUT2D eigenvalue weighted by Gasteiger charge is -2.06. The number of nitrogens with one attached hydrogen (secondary N) is 1. The lowest BCUT2D eigenvalue weighted by Crippen LogP contribution is -2.14. The summed E-state index contributed by atoms with van der Waals surface area (Å²) in [5, 5.41) is 27.7. The van der Waals surface area contributed by atoms with E-state index in [9.17, 15) is 20.0 Å². The molecule has 2 aromatic carbocycles. The van der Waals surface area contributed by atoms with Crippen LogP contribution in [-0.2, 0) is 11.2 Å². The Labute approximate surface area is 142 Å². The summed E-state index contributed by atoms with van der Waals surface area (Å²) >= 11 is 0. The molecule has 1 heterocycles. The molecule has 128 valence electrons. The smallest absolute Gasteiger partial charge is 0.273 e. The van der Waals surface area contributed by atoms with E-state index in [0.717, 1.165) is 22.6 Å². The number of amides is 1. The number of hydrogen-bond donors (Lipinski definition) is 2. The van der Waals surface area contributed by atoms with Gasteiger partial charge in [0.25, 0.3) is 5.69 Å². The first-order valence-corrected chi connectivity index (χ1v) is 7.48. The number of aryl methyl sites for hydroxylation is 2. The van der Waals surface area contributed by atoms with Gasteiger partial charge in [-0.2, -0.15) is 0 Å². The maximum absolute atomic E-state index is 12.2. The van der Waals surface area contributed by atoms with Crippen molar-refractivity contribution in [3.05, 3.63) is 57.3 Å². The van der Waals surface area contributed by atoms with E-state index in [2.05, 4.69) is 10.5 Å². The average Bonchev–Trinajstić information content (AvgIpc) is 2.91. The highest BCUT2D eigenvalue weighted by Crippen LogP contribution is 2.28. The van der Waals surface area contributed by atoms with Gasteiger partial charge >= 0.3 is 0 Å². The van der Waals surface area contributed by atoms with Crippen LogP contribution in [0, 0.1) is 24.0 Å². The zero-order valence-corrected chi connectivity index (χ0v) is 13.6. The highest BCUT2D eigenvalue weighted by molar-refractivity contribution is 5.96. The zero-order chi connectivity index (χ0) is 18.1. The Kier molecular flexibility index (Phi) is 4.10. The number of fused-ring (bicyclic) bond motifs is 1. The number of aromatic nitrogens is 1. The van der Waals surface area contributed by atoms with E-state index in [1.807, 2.05) is 26.0 Å². The minimum Gasteiger partial charge on any atom is -0.506 e. The molecule has 25 heavy (non-hydrogen) atoms. The summed E-state index contributed by atoms with van der Waals surface area (Å²) in [7, 11) is 0. The van der Waals surface area contributed by atoms with Gasteiger partial charge in [0.1, 0.15) is 11.4 Å². The number of non-ortho nitro benzene ring substituents is 1. The van der Waals surface area contributed by atoms with Crippen LogP contribution >= 0.6 is 0 Å². The molecule has 0 spiro atoms. The molecular weight excluding hydrogens is 326 g/mol. The second-order valence-corrected chi connectivity index (χ2v) is 5.75. The van der Waals surface area contributed by atoms with Gasteiger partial charge in [0.2, 0.25) is 5.91 Å². The van der Waals surface area contributed by atoms with Gasteiger partial charge in [0.15, 0.2) is 5.58 Å². The van der Waals surface area contributed by atoms with Crippen molar-refractivity contribution in [3.63, 3.8) is 0 Å². The van der Waals surface area contributed by atoms with E-state index in [1.54, 1.807) is 0 Å². The van der Waals surface area contributed by atoms with E-state index in [-0.39, 0.29) is 23.5 Å². The van der Waals surface area contributed by atoms with E-state index in [1.165, 1.54) is 12.1 Å². The first-order valence-electron chi connectivity index (χ1n) is 7.48. The molecule has 0 radical (unpaired) electrons. The van der Waals surface area contributed by atoms with Gasteiger partial charge in [-0.1, -0.05) is 5.16 Å². The summed E-state index contributed by atoms with van der Waals surface area (Å²) in [5.41, 5.74) is 3.04. The van der Waals surface area contributed by atoms with Crippen molar-refractivity contribution in [1.82, 2.24) is 5.16 Å². The third-order valence-electron chi connectivity index (χ3n) is 3.96. The van der Waals surface area contributed by atoms with Crippen molar-refractivity contribution in [2.45, 2.75) is 20.3 Å². The number of rotatable bonds is 4. The number of carbonyl (C=O) groups excluding carboxylic acids is 1. The van der Waals surface area contributed by atoms with Gasteiger partial charge in [0, 0.05) is 11.5 Å². The Hall–Kier alpha value is -3.42. The van der Waals surface area contributed by atoms with Crippen molar-refractivity contribution < 1.29 is 19.3 Å². The van der Waals surface area contributed by atoms with E-state index in [4.69, 9.17) is 4.52 Å². The van der Waals surface area contributed by atoms with Crippen molar-refractivity contribution in [1.29, 1.82) is 0 Å². The van der Waals surface area contributed by atoms with Gasteiger partial charge in [-0.15, -0.1) is 0 Å². The number of aromatic hydroxyl groups is 1. The summed E-state index contributed by atoms with van der Waals surface area (Å²) < 4.78 is 5.25. The van der Waals surface area contributed by atoms with E-state index < -0.39 is 10.8 Å².